The minimum absolute atomic E-state index is 0.509. The first-order valence-electron chi connectivity index (χ1n) is 5.54. The zero-order valence-corrected chi connectivity index (χ0v) is 10.6. The Morgan fingerprint density at radius 3 is 2.94 bits per heavy atom. The molecular weight excluding hydrogens is 246 g/mol. The number of hydrogen-bond acceptors (Lipinski definition) is 5. The van der Waals surface area contributed by atoms with Crippen LogP contribution in [0.25, 0.3) is 11.5 Å². The van der Waals surface area contributed by atoms with E-state index in [2.05, 4.69) is 21.4 Å². The van der Waals surface area contributed by atoms with Crippen molar-refractivity contribution in [1.29, 1.82) is 0 Å². The number of thioether (sulfide) groups is 1. The third kappa shape index (κ3) is 3.54. The molecule has 0 spiro atoms. The summed E-state index contributed by atoms with van der Waals surface area (Å²) in [6, 6.07) is 9.67. The van der Waals surface area contributed by atoms with Crippen molar-refractivity contribution in [3.05, 3.63) is 30.3 Å². The molecule has 0 fully saturated rings. The molecule has 18 heavy (non-hydrogen) atoms. The number of hydrogen-bond donors (Lipinski definition) is 1. The number of benzene rings is 1. The summed E-state index contributed by atoms with van der Waals surface area (Å²) in [5.41, 5.74) is 0.916. The fraction of sp³-hybridized carbons (Fsp3) is 0.231. The molecule has 1 aromatic heterocycles. The van der Waals surface area contributed by atoms with Crippen LogP contribution in [0.2, 0.25) is 0 Å². The number of rotatable bonds is 6. The minimum Gasteiger partial charge on any atom is -0.351 e. The summed E-state index contributed by atoms with van der Waals surface area (Å²) in [5.74, 6) is 5.25. The van der Waals surface area contributed by atoms with Gasteiger partial charge in [-0.25, -0.2) is 0 Å². The van der Waals surface area contributed by atoms with Crippen LogP contribution >= 0.6 is 11.8 Å². The van der Waals surface area contributed by atoms with Gasteiger partial charge in [-0.05, 0) is 17.3 Å². The van der Waals surface area contributed by atoms with Crippen molar-refractivity contribution in [3.63, 3.8) is 0 Å². The van der Waals surface area contributed by atoms with E-state index >= 15 is 0 Å². The molecule has 0 amide bonds. The van der Waals surface area contributed by atoms with Crippen molar-refractivity contribution in [3.8, 4) is 23.8 Å². The molecule has 0 aliphatic heterocycles. The van der Waals surface area contributed by atoms with Crippen LogP contribution in [0.1, 0.15) is 0 Å². The zero-order valence-electron chi connectivity index (χ0n) is 9.80. The van der Waals surface area contributed by atoms with Gasteiger partial charge in [-0.2, -0.15) is 4.98 Å². The van der Waals surface area contributed by atoms with E-state index in [4.69, 9.17) is 10.9 Å². The Balaban J connectivity index is 1.86. The Morgan fingerprint density at radius 1 is 1.33 bits per heavy atom. The first-order chi connectivity index (χ1) is 8.90. The smallest absolute Gasteiger partial charge is 0.263 e. The highest BCUT2D eigenvalue weighted by Gasteiger charge is 2.06. The lowest BCUT2D eigenvalue weighted by Gasteiger charge is -1.98. The highest BCUT2D eigenvalue weighted by Crippen LogP contribution is 2.17. The second-order valence-corrected chi connectivity index (χ2v) is 4.58. The molecule has 0 unspecified atom stereocenters. The van der Waals surface area contributed by atoms with Gasteiger partial charge in [0.15, 0.2) is 0 Å². The summed E-state index contributed by atoms with van der Waals surface area (Å²) < 4.78 is 5.17. The van der Waals surface area contributed by atoms with E-state index in [0.717, 1.165) is 23.6 Å². The molecule has 0 atom stereocenters. The fourth-order valence-electron chi connectivity index (χ4n) is 1.36. The van der Waals surface area contributed by atoms with Gasteiger partial charge in [-0.15, -0.1) is 18.2 Å². The molecule has 1 heterocycles. The van der Waals surface area contributed by atoms with Gasteiger partial charge in [0.1, 0.15) is 0 Å². The number of nitrogens with zero attached hydrogens (tertiary/aromatic N) is 2. The summed E-state index contributed by atoms with van der Waals surface area (Å²) in [7, 11) is 0. The van der Waals surface area contributed by atoms with Crippen molar-refractivity contribution >= 4 is 17.7 Å². The van der Waals surface area contributed by atoms with Crippen molar-refractivity contribution in [2.45, 2.75) is 0 Å². The molecular formula is C13H13N3OS. The van der Waals surface area contributed by atoms with E-state index < -0.39 is 0 Å². The number of terminal acetylenes is 1. The van der Waals surface area contributed by atoms with E-state index in [1.54, 1.807) is 11.8 Å². The van der Waals surface area contributed by atoms with Crippen molar-refractivity contribution in [2.24, 2.45) is 0 Å². The van der Waals surface area contributed by atoms with E-state index in [1.807, 2.05) is 30.3 Å². The summed E-state index contributed by atoms with van der Waals surface area (Å²) >= 11 is 1.69. The molecule has 0 saturated heterocycles. The van der Waals surface area contributed by atoms with Crippen LogP contribution in [-0.2, 0) is 0 Å². The molecule has 0 aliphatic rings. The average Bonchev–Trinajstić information content (AvgIpc) is 2.88. The molecule has 0 saturated carbocycles. The first kappa shape index (κ1) is 12.5. The topological polar surface area (TPSA) is 51.0 Å². The van der Waals surface area contributed by atoms with Gasteiger partial charge in [0.05, 0.1) is 5.75 Å². The molecule has 2 rings (SSSR count). The van der Waals surface area contributed by atoms with Crippen LogP contribution in [0.5, 0.6) is 0 Å². The predicted octanol–water partition coefficient (Wildman–Crippen LogP) is 2.51. The van der Waals surface area contributed by atoms with Gasteiger partial charge in [0.2, 0.25) is 0 Å². The lowest BCUT2D eigenvalue weighted by molar-refractivity contribution is 0.432. The van der Waals surface area contributed by atoms with Gasteiger partial charge >= 0.3 is 0 Å². The van der Waals surface area contributed by atoms with Gasteiger partial charge in [-0.1, -0.05) is 24.1 Å². The maximum absolute atomic E-state index is 5.17. The molecule has 92 valence electrons. The van der Waals surface area contributed by atoms with Crippen molar-refractivity contribution in [2.75, 3.05) is 23.4 Å². The molecule has 0 aliphatic carbocycles. The van der Waals surface area contributed by atoms with E-state index in [9.17, 15) is 0 Å². The third-order valence-corrected chi connectivity index (χ3v) is 3.03. The van der Waals surface area contributed by atoms with Gasteiger partial charge in [0.25, 0.3) is 11.8 Å². The van der Waals surface area contributed by atoms with E-state index in [0.29, 0.717) is 11.8 Å². The van der Waals surface area contributed by atoms with Crippen LogP contribution < -0.4 is 5.32 Å². The van der Waals surface area contributed by atoms with Gasteiger partial charge in [0, 0.05) is 17.9 Å². The van der Waals surface area contributed by atoms with E-state index in [-0.39, 0.29) is 0 Å². The Labute approximate surface area is 110 Å². The first-order valence-corrected chi connectivity index (χ1v) is 6.70. The predicted molar refractivity (Wildman–Crippen MR) is 74.4 cm³/mol. The SMILES string of the molecule is C#CCSCCNc1noc(-c2ccccc2)n1. The third-order valence-electron chi connectivity index (χ3n) is 2.16. The number of aromatic nitrogens is 2. The minimum atomic E-state index is 0.509. The van der Waals surface area contributed by atoms with Gasteiger partial charge in [-0.3, -0.25) is 0 Å². The maximum atomic E-state index is 5.17. The number of nitrogens with one attached hydrogen (secondary N) is 1. The highest BCUT2D eigenvalue weighted by molar-refractivity contribution is 7.99. The van der Waals surface area contributed by atoms with Crippen molar-refractivity contribution in [1.82, 2.24) is 10.1 Å². The maximum Gasteiger partial charge on any atom is 0.263 e. The number of anilines is 1. The Hall–Kier alpha value is -1.93. The molecule has 5 heteroatoms. The molecule has 4 nitrogen and oxygen atoms in total. The summed E-state index contributed by atoms with van der Waals surface area (Å²) in [5, 5.41) is 6.95. The molecule has 0 bridgehead atoms. The summed E-state index contributed by atoms with van der Waals surface area (Å²) in [6.07, 6.45) is 5.16. The van der Waals surface area contributed by atoms with Crippen LogP contribution in [0.15, 0.2) is 34.9 Å². The average molecular weight is 259 g/mol. The standard InChI is InChI=1S/C13H13N3OS/c1-2-9-18-10-8-14-13-15-12(17-16-13)11-6-4-3-5-7-11/h1,3-7H,8-10H2,(H,14,16). The Morgan fingerprint density at radius 2 is 2.17 bits per heavy atom. The van der Waals surface area contributed by atoms with Crippen LogP contribution in [0.4, 0.5) is 5.95 Å². The lowest BCUT2D eigenvalue weighted by atomic mass is 10.2. The highest BCUT2D eigenvalue weighted by atomic mass is 32.2. The summed E-state index contributed by atoms with van der Waals surface area (Å²) in [6.45, 7) is 0.764. The molecule has 1 N–H and O–H groups in total. The molecule has 0 radical (unpaired) electrons. The quantitative estimate of drug-likeness (QED) is 0.638. The zero-order chi connectivity index (χ0) is 12.6. The van der Waals surface area contributed by atoms with Crippen molar-refractivity contribution < 1.29 is 4.52 Å². The Kier molecular flexibility index (Phi) is 4.68. The van der Waals surface area contributed by atoms with Crippen LogP contribution in [-0.4, -0.2) is 28.2 Å². The van der Waals surface area contributed by atoms with Crippen LogP contribution in [0, 0.1) is 12.3 Å². The second-order valence-electron chi connectivity index (χ2n) is 3.47. The largest absolute Gasteiger partial charge is 0.351 e. The monoisotopic (exact) mass is 259 g/mol. The van der Waals surface area contributed by atoms with Gasteiger partial charge < -0.3 is 9.84 Å². The van der Waals surface area contributed by atoms with E-state index in [1.165, 1.54) is 0 Å². The second kappa shape index (κ2) is 6.72. The lowest BCUT2D eigenvalue weighted by Crippen LogP contribution is -2.05. The molecule has 2 aromatic rings. The Bertz CT molecular complexity index is 519. The summed E-state index contributed by atoms with van der Waals surface area (Å²) in [4.78, 5) is 4.26. The molecule has 1 aromatic carbocycles. The fourth-order valence-corrected chi connectivity index (χ4v) is 1.87. The van der Waals surface area contributed by atoms with Crippen LogP contribution in [0.3, 0.4) is 0 Å². The normalized spacial score (nSPS) is 9.94.